The van der Waals surface area contributed by atoms with Crippen LogP contribution in [0.4, 0.5) is 27.5 Å². The summed E-state index contributed by atoms with van der Waals surface area (Å²) in [6.45, 7) is 0.782. The van der Waals surface area contributed by atoms with Crippen LogP contribution in [-0.4, -0.2) is 101 Å². The van der Waals surface area contributed by atoms with Crippen LogP contribution in [0.15, 0.2) is 127 Å². The van der Waals surface area contributed by atoms with Gasteiger partial charge in [-0.15, -0.1) is 11.6 Å². The Morgan fingerprint density at radius 2 is 1.36 bits per heavy atom. The second-order valence-corrected chi connectivity index (χ2v) is 20.7. The second-order valence-electron chi connectivity index (χ2n) is 20.4. The number of ether oxygens (including phenoxy) is 1. The van der Waals surface area contributed by atoms with Gasteiger partial charge in [0, 0.05) is 90.9 Å². The molecule has 6 N–H and O–H groups in total. The van der Waals surface area contributed by atoms with Gasteiger partial charge in [-0.1, -0.05) is 79.2 Å². The van der Waals surface area contributed by atoms with E-state index in [0.29, 0.717) is 116 Å². The molecule has 0 saturated heterocycles. The van der Waals surface area contributed by atoms with Gasteiger partial charge in [0.05, 0.1) is 23.6 Å². The van der Waals surface area contributed by atoms with Crippen LogP contribution in [0.5, 0.6) is 11.5 Å². The molecule has 10 rings (SSSR count). The Labute approximate surface area is 471 Å². The van der Waals surface area contributed by atoms with Gasteiger partial charge < -0.3 is 40.7 Å². The lowest BCUT2D eigenvalue weighted by molar-refractivity contribution is -0.150. The lowest BCUT2D eigenvalue weighted by atomic mass is 9.67. The zero-order chi connectivity index (χ0) is 56.8. The normalized spacial score (nSPS) is 16.0. The summed E-state index contributed by atoms with van der Waals surface area (Å²) in [6.07, 6.45) is 11.4. The van der Waals surface area contributed by atoms with Crippen LogP contribution < -0.4 is 31.1 Å². The van der Waals surface area contributed by atoms with E-state index in [4.69, 9.17) is 16.3 Å². The number of unbranched alkanes of at least 4 members (excludes halogenated alkanes) is 2. The molecule has 6 aromatic rings. The summed E-state index contributed by atoms with van der Waals surface area (Å²) in [4.78, 5) is 108. The number of carbonyl (C=O) groups is 8. The first-order chi connectivity index (χ1) is 39.2. The minimum atomic E-state index is -1.27. The molecule has 8 amide bonds. The highest BCUT2D eigenvalue weighted by Gasteiger charge is 2.50. The average molecular weight is 1110 g/mol. The first kappa shape index (κ1) is 55.0. The number of amides is 8. The zero-order valence-corrected chi connectivity index (χ0v) is 44.8. The smallest absolute Gasteiger partial charge is 0.411 e. The lowest BCUT2D eigenvalue weighted by Gasteiger charge is -2.38. The third-order valence-corrected chi connectivity index (χ3v) is 15.7. The van der Waals surface area contributed by atoms with Gasteiger partial charge in [-0.3, -0.25) is 43.8 Å². The van der Waals surface area contributed by atoms with E-state index in [2.05, 4.69) is 21.3 Å². The van der Waals surface area contributed by atoms with Crippen LogP contribution in [0.1, 0.15) is 72.3 Å². The SMILES string of the molecule is O=C(CNC(=O)C1(C(=O)NCCCCCN2C(=O)C=CC2=O)CCC1)Nc1ccc(COC(=O)Nc2cc(/C=C/C(=O)N3C[C@@H](CCl)c4c3cc(O)c3ccccc43)ccc2/C=C/C(=O)N2CCc3c2cc(O)c2ccccc32)cc1. The van der Waals surface area contributed by atoms with Crippen molar-refractivity contribution < 1.29 is 53.3 Å². The summed E-state index contributed by atoms with van der Waals surface area (Å²) < 4.78 is 5.62. The highest BCUT2D eigenvalue weighted by molar-refractivity contribution is 6.19. The van der Waals surface area contributed by atoms with Crippen molar-refractivity contribution in [2.24, 2.45) is 5.41 Å². The molecule has 3 heterocycles. The molecule has 19 heteroatoms. The number of fused-ring (bicyclic) bond motifs is 6. The van der Waals surface area contributed by atoms with E-state index in [1.54, 1.807) is 76.5 Å². The first-order valence-electron chi connectivity index (χ1n) is 26.8. The van der Waals surface area contributed by atoms with Gasteiger partial charge in [0.15, 0.2) is 0 Å². The Kier molecular flexibility index (Phi) is 16.3. The molecule has 18 nitrogen and oxygen atoms in total. The quantitative estimate of drug-likeness (QED) is 0.0147. The summed E-state index contributed by atoms with van der Waals surface area (Å²) in [5.74, 6) is -2.61. The third-order valence-electron chi connectivity index (χ3n) is 15.3. The van der Waals surface area contributed by atoms with E-state index in [1.807, 2.05) is 48.5 Å². The van der Waals surface area contributed by atoms with Crippen molar-refractivity contribution in [2.45, 2.75) is 57.5 Å². The molecule has 0 spiro atoms. The maximum Gasteiger partial charge on any atom is 0.411 e. The number of nitrogens with one attached hydrogen (secondary N) is 4. The largest absolute Gasteiger partial charge is 0.507 e. The minimum Gasteiger partial charge on any atom is -0.507 e. The van der Waals surface area contributed by atoms with E-state index < -0.39 is 29.2 Å². The molecular weight excluding hydrogens is 1050 g/mol. The van der Waals surface area contributed by atoms with Crippen LogP contribution in [0.2, 0.25) is 0 Å². The molecule has 3 aliphatic heterocycles. The van der Waals surface area contributed by atoms with Crippen LogP contribution in [0, 0.1) is 5.41 Å². The molecule has 0 bridgehead atoms. The van der Waals surface area contributed by atoms with Crippen LogP contribution in [0.3, 0.4) is 0 Å². The Hall–Kier alpha value is -9.29. The molecule has 4 aliphatic rings. The summed E-state index contributed by atoms with van der Waals surface area (Å²) >= 11 is 6.43. The number of phenols is 2. The maximum atomic E-state index is 13.9. The van der Waals surface area contributed by atoms with Gasteiger partial charge in [0.2, 0.25) is 17.7 Å². The number of nitrogens with zero attached hydrogens (tertiary/aromatic N) is 3. The van der Waals surface area contributed by atoms with Crippen LogP contribution in [-0.2, 0) is 51.3 Å². The molecule has 6 aromatic carbocycles. The Morgan fingerprint density at radius 1 is 0.704 bits per heavy atom. The molecule has 0 radical (unpaired) electrons. The van der Waals surface area contributed by atoms with E-state index in [0.717, 1.165) is 21.9 Å². The topological polar surface area (TPSA) is 244 Å². The number of imide groups is 1. The lowest BCUT2D eigenvalue weighted by Crippen LogP contribution is -2.56. The molecule has 1 saturated carbocycles. The molecule has 1 atom stereocenters. The molecule has 1 aliphatic carbocycles. The predicted octanol–water partition coefficient (Wildman–Crippen LogP) is 8.57. The summed E-state index contributed by atoms with van der Waals surface area (Å²) in [5.41, 5.74) is 3.99. The number of halogens is 1. The van der Waals surface area contributed by atoms with E-state index in [9.17, 15) is 48.6 Å². The fourth-order valence-corrected chi connectivity index (χ4v) is 11.1. The van der Waals surface area contributed by atoms with Gasteiger partial charge in [-0.2, -0.15) is 0 Å². The zero-order valence-electron chi connectivity index (χ0n) is 44.0. The van der Waals surface area contributed by atoms with Gasteiger partial charge in [-0.25, -0.2) is 4.79 Å². The molecular formula is C62H58ClN7O11. The molecule has 0 unspecified atom stereocenters. The number of alkyl halides is 1. The summed E-state index contributed by atoms with van der Waals surface area (Å²) in [5, 5.41) is 35.7. The second kappa shape index (κ2) is 24.0. The van der Waals surface area contributed by atoms with E-state index in [-0.39, 0.29) is 65.8 Å². The number of rotatable bonds is 19. The average Bonchev–Trinajstić information content (AvgIpc) is 4.18. The predicted molar refractivity (Wildman–Crippen MR) is 309 cm³/mol. The van der Waals surface area contributed by atoms with Crippen molar-refractivity contribution in [3.8, 4) is 11.5 Å². The Bertz CT molecular complexity index is 3610. The van der Waals surface area contributed by atoms with Crippen molar-refractivity contribution in [3.05, 3.63) is 155 Å². The van der Waals surface area contributed by atoms with Crippen molar-refractivity contribution >= 4 is 115 Å². The van der Waals surface area contributed by atoms with Crippen molar-refractivity contribution in [1.29, 1.82) is 0 Å². The van der Waals surface area contributed by atoms with Crippen LogP contribution >= 0.6 is 11.6 Å². The molecule has 414 valence electrons. The number of phenolic OH excluding ortho intramolecular Hbond substituents is 2. The highest BCUT2D eigenvalue weighted by Crippen LogP contribution is 2.46. The molecule has 0 aromatic heterocycles. The Morgan fingerprint density at radius 3 is 2.06 bits per heavy atom. The molecule has 1 fully saturated rings. The first-order valence-corrected chi connectivity index (χ1v) is 27.3. The maximum absolute atomic E-state index is 13.9. The summed E-state index contributed by atoms with van der Waals surface area (Å²) in [7, 11) is 0. The van der Waals surface area contributed by atoms with Crippen molar-refractivity contribution in [3.63, 3.8) is 0 Å². The number of carbonyl (C=O) groups excluding carboxylic acids is 8. The summed E-state index contributed by atoms with van der Waals surface area (Å²) in [6, 6.07) is 29.7. The number of hydrogen-bond acceptors (Lipinski definition) is 11. The number of benzene rings is 6. The van der Waals surface area contributed by atoms with E-state index >= 15 is 0 Å². The van der Waals surface area contributed by atoms with Gasteiger partial charge in [0.25, 0.3) is 23.6 Å². The monoisotopic (exact) mass is 1110 g/mol. The standard InChI is InChI=1S/C62H58ClN7O11/c63-34-41-36-70(50-33-52(72)46-11-4-5-12-47(46)58(41)50)57(77)21-16-38-13-17-40(18-22-54(74)68-30-25-44-43-9-2-3-10-45(43)51(71)32-49(44)68)48(31-38)67-61(80)81-37-39-14-19-42(20-15-39)66-53(73)35-65-60(79)62(26-8-27-62)59(78)64-28-6-1-7-29-69-55(75)23-24-56(69)76/h2-5,9-24,31-33,41,71-72H,1,6-8,25-30,34-37H2,(H,64,78)(H,65,79)(H,66,73)(H,67,80)/b21-16+,22-18+/t41-/m1/s1. The van der Waals surface area contributed by atoms with Crippen molar-refractivity contribution in [2.75, 3.05) is 59.0 Å². The fourth-order valence-electron chi connectivity index (χ4n) is 10.9. The minimum absolute atomic E-state index is 0.0462. The van der Waals surface area contributed by atoms with Gasteiger partial charge in [-0.05, 0) is 107 Å². The third kappa shape index (κ3) is 11.7. The van der Waals surface area contributed by atoms with E-state index in [1.165, 1.54) is 29.2 Å². The number of hydrogen-bond donors (Lipinski definition) is 6. The van der Waals surface area contributed by atoms with Crippen LogP contribution in [0.25, 0.3) is 33.7 Å². The highest BCUT2D eigenvalue weighted by atomic mass is 35.5. The van der Waals surface area contributed by atoms with Gasteiger partial charge >= 0.3 is 6.09 Å². The Balaban J connectivity index is 0.758. The molecule has 81 heavy (non-hydrogen) atoms. The number of anilines is 4. The fraction of sp³-hybridized carbons (Fsp3) is 0.258. The van der Waals surface area contributed by atoms with Crippen molar-refractivity contribution in [1.82, 2.24) is 15.5 Å². The van der Waals surface area contributed by atoms with Gasteiger partial charge in [0.1, 0.15) is 23.5 Å². The number of aromatic hydroxyl groups is 2.